The third-order valence-corrected chi connectivity index (χ3v) is 3.90. The molecule has 0 aliphatic carbocycles. The predicted octanol–water partition coefficient (Wildman–Crippen LogP) is 2.86. The molecule has 122 valence electrons. The molecular formula is C19H24N2O2. The largest absolute Gasteiger partial charge is 0.508 e. The summed E-state index contributed by atoms with van der Waals surface area (Å²) in [5, 5.41) is 15.4. The van der Waals surface area contributed by atoms with Gasteiger partial charge < -0.3 is 15.7 Å². The quantitative estimate of drug-likeness (QED) is 0.737. The smallest absolute Gasteiger partial charge is 0.251 e. The minimum absolute atomic E-state index is 0.0632. The summed E-state index contributed by atoms with van der Waals surface area (Å²) in [6.07, 6.45) is 2.01. The van der Waals surface area contributed by atoms with Gasteiger partial charge in [-0.2, -0.15) is 0 Å². The Balaban J connectivity index is 1.76. The van der Waals surface area contributed by atoms with Gasteiger partial charge in [0.25, 0.3) is 5.91 Å². The minimum Gasteiger partial charge on any atom is -0.508 e. The SMILES string of the molecule is CNC(=O)c1ccc(CNC(C)CCc2ccc(O)cc2)cc1. The fourth-order valence-electron chi connectivity index (χ4n) is 2.36. The molecule has 4 heteroatoms. The third kappa shape index (κ3) is 5.42. The lowest BCUT2D eigenvalue weighted by Gasteiger charge is -2.14. The lowest BCUT2D eigenvalue weighted by molar-refractivity contribution is 0.0963. The number of phenolic OH excluding ortho intramolecular Hbond substituents is 1. The monoisotopic (exact) mass is 312 g/mol. The average Bonchev–Trinajstić information content (AvgIpc) is 2.59. The lowest BCUT2D eigenvalue weighted by Crippen LogP contribution is -2.26. The van der Waals surface area contributed by atoms with Gasteiger partial charge in [0, 0.05) is 25.2 Å². The highest BCUT2D eigenvalue weighted by Gasteiger charge is 2.05. The molecule has 0 aliphatic rings. The van der Waals surface area contributed by atoms with Crippen molar-refractivity contribution in [3.63, 3.8) is 0 Å². The van der Waals surface area contributed by atoms with E-state index in [-0.39, 0.29) is 5.91 Å². The average molecular weight is 312 g/mol. The first-order chi connectivity index (χ1) is 11.1. The van der Waals surface area contributed by atoms with Crippen molar-refractivity contribution in [2.24, 2.45) is 0 Å². The Morgan fingerprint density at radius 1 is 1.04 bits per heavy atom. The molecule has 0 spiro atoms. The molecule has 23 heavy (non-hydrogen) atoms. The Kier molecular flexibility index (Phi) is 6.18. The molecule has 0 radical (unpaired) electrons. The van der Waals surface area contributed by atoms with E-state index in [1.165, 1.54) is 5.56 Å². The summed E-state index contributed by atoms with van der Waals surface area (Å²) in [7, 11) is 1.63. The highest BCUT2D eigenvalue weighted by molar-refractivity contribution is 5.93. The van der Waals surface area contributed by atoms with Gasteiger partial charge in [0.05, 0.1) is 0 Å². The van der Waals surface area contributed by atoms with Gasteiger partial charge in [0.2, 0.25) is 0 Å². The van der Waals surface area contributed by atoms with E-state index in [1.54, 1.807) is 19.2 Å². The number of carbonyl (C=O) groups excluding carboxylic acids is 1. The molecule has 1 atom stereocenters. The normalized spacial score (nSPS) is 11.9. The second kappa shape index (κ2) is 8.34. The van der Waals surface area contributed by atoms with E-state index in [0.717, 1.165) is 24.9 Å². The van der Waals surface area contributed by atoms with Gasteiger partial charge in [-0.15, -0.1) is 0 Å². The van der Waals surface area contributed by atoms with Crippen molar-refractivity contribution in [3.8, 4) is 5.75 Å². The summed E-state index contributed by atoms with van der Waals surface area (Å²) in [6.45, 7) is 2.95. The molecule has 4 nitrogen and oxygen atoms in total. The molecule has 0 bridgehead atoms. The minimum atomic E-state index is -0.0632. The van der Waals surface area contributed by atoms with Crippen LogP contribution in [0.2, 0.25) is 0 Å². The van der Waals surface area contributed by atoms with Gasteiger partial charge in [-0.05, 0) is 55.2 Å². The van der Waals surface area contributed by atoms with Crippen LogP contribution in [0.15, 0.2) is 48.5 Å². The summed E-state index contributed by atoms with van der Waals surface area (Å²) in [5.41, 5.74) is 3.07. The van der Waals surface area contributed by atoms with E-state index in [4.69, 9.17) is 0 Å². The van der Waals surface area contributed by atoms with Gasteiger partial charge in [-0.25, -0.2) is 0 Å². The van der Waals surface area contributed by atoms with Gasteiger partial charge >= 0.3 is 0 Å². The molecule has 2 rings (SSSR count). The summed E-state index contributed by atoms with van der Waals surface area (Å²) < 4.78 is 0. The first-order valence-electron chi connectivity index (χ1n) is 7.91. The van der Waals surface area contributed by atoms with Crippen LogP contribution >= 0.6 is 0 Å². The van der Waals surface area contributed by atoms with E-state index in [1.807, 2.05) is 36.4 Å². The molecule has 1 unspecified atom stereocenters. The molecule has 3 N–H and O–H groups in total. The van der Waals surface area contributed by atoms with E-state index in [2.05, 4.69) is 17.6 Å². The Morgan fingerprint density at radius 3 is 2.26 bits per heavy atom. The number of aromatic hydroxyl groups is 1. The van der Waals surface area contributed by atoms with E-state index in [9.17, 15) is 9.90 Å². The first-order valence-corrected chi connectivity index (χ1v) is 7.91. The molecule has 1 amide bonds. The van der Waals surface area contributed by atoms with Crippen molar-refractivity contribution in [2.75, 3.05) is 7.05 Å². The number of hydrogen-bond donors (Lipinski definition) is 3. The Hall–Kier alpha value is -2.33. The number of rotatable bonds is 7. The number of nitrogens with one attached hydrogen (secondary N) is 2. The van der Waals surface area contributed by atoms with E-state index >= 15 is 0 Å². The van der Waals surface area contributed by atoms with Crippen LogP contribution in [-0.4, -0.2) is 24.1 Å². The summed E-state index contributed by atoms with van der Waals surface area (Å²) >= 11 is 0. The van der Waals surface area contributed by atoms with Crippen LogP contribution in [0.5, 0.6) is 5.75 Å². The zero-order chi connectivity index (χ0) is 16.7. The molecule has 0 aromatic heterocycles. The van der Waals surface area contributed by atoms with Crippen LogP contribution in [0.3, 0.4) is 0 Å². The van der Waals surface area contributed by atoms with Gasteiger partial charge in [0.15, 0.2) is 0 Å². The molecule has 0 saturated carbocycles. The van der Waals surface area contributed by atoms with E-state index in [0.29, 0.717) is 17.4 Å². The topological polar surface area (TPSA) is 61.4 Å². The van der Waals surface area contributed by atoms with Crippen molar-refractivity contribution in [1.82, 2.24) is 10.6 Å². The Morgan fingerprint density at radius 2 is 1.65 bits per heavy atom. The molecule has 0 fully saturated rings. The summed E-state index contributed by atoms with van der Waals surface area (Å²) in [6, 6.07) is 15.4. The maximum atomic E-state index is 11.5. The maximum Gasteiger partial charge on any atom is 0.251 e. The highest BCUT2D eigenvalue weighted by Crippen LogP contribution is 2.12. The number of benzene rings is 2. The van der Waals surface area contributed by atoms with Crippen LogP contribution < -0.4 is 10.6 Å². The van der Waals surface area contributed by atoms with Crippen molar-refractivity contribution in [1.29, 1.82) is 0 Å². The number of amides is 1. The first kappa shape index (κ1) is 17.0. The third-order valence-electron chi connectivity index (χ3n) is 3.90. The van der Waals surface area contributed by atoms with Crippen LogP contribution in [0.4, 0.5) is 0 Å². The van der Waals surface area contributed by atoms with Gasteiger partial charge in [-0.1, -0.05) is 24.3 Å². The fraction of sp³-hybridized carbons (Fsp3) is 0.316. The predicted molar refractivity (Wildman–Crippen MR) is 92.6 cm³/mol. The van der Waals surface area contributed by atoms with Gasteiger partial charge in [-0.3, -0.25) is 4.79 Å². The van der Waals surface area contributed by atoms with Crippen molar-refractivity contribution < 1.29 is 9.90 Å². The van der Waals surface area contributed by atoms with Crippen molar-refractivity contribution in [3.05, 3.63) is 65.2 Å². The molecule has 0 saturated heterocycles. The molecule has 0 heterocycles. The van der Waals surface area contributed by atoms with Gasteiger partial charge in [0.1, 0.15) is 5.75 Å². The maximum absolute atomic E-state index is 11.5. The van der Waals surface area contributed by atoms with Crippen LogP contribution in [0.25, 0.3) is 0 Å². The number of carbonyl (C=O) groups is 1. The number of hydrogen-bond acceptors (Lipinski definition) is 3. The lowest BCUT2D eigenvalue weighted by atomic mass is 10.1. The van der Waals surface area contributed by atoms with E-state index < -0.39 is 0 Å². The molecule has 2 aromatic rings. The summed E-state index contributed by atoms with van der Waals surface area (Å²) in [4.78, 5) is 11.5. The zero-order valence-electron chi connectivity index (χ0n) is 13.7. The van der Waals surface area contributed by atoms with Crippen LogP contribution in [0, 0.1) is 0 Å². The second-order valence-corrected chi connectivity index (χ2v) is 5.76. The number of phenols is 1. The molecule has 2 aromatic carbocycles. The number of aryl methyl sites for hydroxylation is 1. The van der Waals surface area contributed by atoms with Crippen LogP contribution in [0.1, 0.15) is 34.8 Å². The molecular weight excluding hydrogens is 288 g/mol. The standard InChI is InChI=1S/C19H24N2O2/c1-14(3-4-15-7-11-18(22)12-8-15)21-13-16-5-9-17(10-6-16)19(23)20-2/h5-12,14,21-22H,3-4,13H2,1-2H3,(H,20,23). The molecule has 0 aliphatic heterocycles. The Bertz CT molecular complexity index is 621. The van der Waals surface area contributed by atoms with Crippen LogP contribution in [-0.2, 0) is 13.0 Å². The summed E-state index contributed by atoms with van der Waals surface area (Å²) in [5.74, 6) is 0.243. The highest BCUT2D eigenvalue weighted by atomic mass is 16.3. The van der Waals surface area contributed by atoms with Crippen molar-refractivity contribution >= 4 is 5.91 Å². The van der Waals surface area contributed by atoms with Crippen molar-refractivity contribution in [2.45, 2.75) is 32.4 Å². The zero-order valence-corrected chi connectivity index (χ0v) is 13.7. The second-order valence-electron chi connectivity index (χ2n) is 5.76. The fourth-order valence-corrected chi connectivity index (χ4v) is 2.36. The Labute approximate surface area is 137 Å².